The summed E-state index contributed by atoms with van der Waals surface area (Å²) in [5.74, 6) is 0.857. The van der Waals surface area contributed by atoms with Gasteiger partial charge in [-0.2, -0.15) is 0 Å². The van der Waals surface area contributed by atoms with Gasteiger partial charge >= 0.3 is 0 Å². The Labute approximate surface area is 125 Å². The number of thioether (sulfide) groups is 1. The molecule has 0 aromatic carbocycles. The van der Waals surface area contributed by atoms with Gasteiger partial charge < -0.3 is 5.32 Å². The van der Waals surface area contributed by atoms with E-state index in [1.54, 1.807) is 11.8 Å². The van der Waals surface area contributed by atoms with Crippen LogP contribution in [0.5, 0.6) is 0 Å². The van der Waals surface area contributed by atoms with Gasteiger partial charge in [-0.3, -0.25) is 0 Å². The van der Waals surface area contributed by atoms with Crippen LogP contribution in [0.15, 0.2) is 17.3 Å². The second-order valence-electron chi connectivity index (χ2n) is 6.49. The normalized spacial score (nSPS) is 16.8. The molecule has 0 radical (unpaired) electrons. The Kier molecular flexibility index (Phi) is 5.21. The molecule has 2 rings (SSSR count). The van der Waals surface area contributed by atoms with Gasteiger partial charge in [0.25, 0.3) is 0 Å². The number of rotatable bonds is 6. The molecule has 1 aromatic heterocycles. The standard InChI is InChI=1S/C14H25N5S/c1-11(9-15-14(2,3)4)10-20-13-16-17-18-19(13)12-7-5-6-8-12/h12,15H,1,5-10H2,2-4H3. The summed E-state index contributed by atoms with van der Waals surface area (Å²) in [6.45, 7) is 11.4. The zero-order chi connectivity index (χ0) is 14.6. The molecule has 1 fully saturated rings. The number of hydrogen-bond acceptors (Lipinski definition) is 5. The molecular formula is C14H25N5S. The van der Waals surface area contributed by atoms with Crippen molar-refractivity contribution < 1.29 is 0 Å². The molecule has 1 aromatic rings. The van der Waals surface area contributed by atoms with Crippen molar-refractivity contribution in [3.63, 3.8) is 0 Å². The van der Waals surface area contributed by atoms with Crippen molar-refractivity contribution in [1.82, 2.24) is 25.5 Å². The first-order chi connectivity index (χ1) is 9.46. The van der Waals surface area contributed by atoms with Crippen molar-refractivity contribution in [2.75, 3.05) is 12.3 Å². The maximum atomic E-state index is 4.15. The lowest BCUT2D eigenvalue weighted by Crippen LogP contribution is -2.37. The molecule has 0 spiro atoms. The van der Waals surface area contributed by atoms with Crippen LogP contribution in [0, 0.1) is 0 Å². The van der Waals surface area contributed by atoms with Crippen molar-refractivity contribution >= 4 is 11.8 Å². The van der Waals surface area contributed by atoms with E-state index in [0.29, 0.717) is 6.04 Å². The molecule has 1 N–H and O–H groups in total. The fourth-order valence-electron chi connectivity index (χ4n) is 2.27. The third kappa shape index (κ3) is 4.59. The van der Waals surface area contributed by atoms with E-state index >= 15 is 0 Å². The van der Waals surface area contributed by atoms with Crippen molar-refractivity contribution in [3.05, 3.63) is 12.2 Å². The molecule has 0 amide bonds. The van der Waals surface area contributed by atoms with Crippen LogP contribution in [-0.4, -0.2) is 38.0 Å². The average molecular weight is 295 g/mol. The van der Waals surface area contributed by atoms with Gasteiger partial charge in [-0.05, 0) is 44.0 Å². The minimum absolute atomic E-state index is 0.124. The summed E-state index contributed by atoms with van der Waals surface area (Å²) in [6, 6.07) is 0.494. The fraction of sp³-hybridized carbons (Fsp3) is 0.786. The van der Waals surface area contributed by atoms with Gasteiger partial charge in [0.05, 0.1) is 6.04 Å². The topological polar surface area (TPSA) is 55.6 Å². The SMILES string of the molecule is C=C(CNC(C)(C)C)CSc1nnnn1C1CCCC1. The summed E-state index contributed by atoms with van der Waals surface area (Å²) in [4.78, 5) is 0. The van der Waals surface area contributed by atoms with Gasteiger partial charge in [0, 0.05) is 17.8 Å². The lowest BCUT2D eigenvalue weighted by Gasteiger charge is -2.21. The number of tetrazole rings is 1. The van der Waals surface area contributed by atoms with Crippen LogP contribution in [0.25, 0.3) is 0 Å². The van der Waals surface area contributed by atoms with E-state index in [9.17, 15) is 0 Å². The van der Waals surface area contributed by atoms with Crippen molar-refractivity contribution in [2.45, 2.75) is 63.2 Å². The second kappa shape index (κ2) is 6.72. The highest BCUT2D eigenvalue weighted by molar-refractivity contribution is 7.99. The van der Waals surface area contributed by atoms with E-state index < -0.39 is 0 Å². The summed E-state index contributed by atoms with van der Waals surface area (Å²) in [6.07, 6.45) is 4.98. The highest BCUT2D eigenvalue weighted by Crippen LogP contribution is 2.31. The first-order valence-electron chi connectivity index (χ1n) is 7.28. The van der Waals surface area contributed by atoms with E-state index in [1.165, 1.54) is 31.3 Å². The van der Waals surface area contributed by atoms with Crippen LogP contribution in [0.4, 0.5) is 0 Å². The minimum atomic E-state index is 0.124. The molecule has 1 aliphatic rings. The maximum absolute atomic E-state index is 4.15. The van der Waals surface area contributed by atoms with E-state index in [-0.39, 0.29) is 5.54 Å². The summed E-state index contributed by atoms with van der Waals surface area (Å²) in [5, 5.41) is 16.5. The molecule has 20 heavy (non-hydrogen) atoms. The van der Waals surface area contributed by atoms with E-state index in [4.69, 9.17) is 0 Å². The van der Waals surface area contributed by atoms with Crippen LogP contribution < -0.4 is 5.32 Å². The van der Waals surface area contributed by atoms with Crippen molar-refractivity contribution in [2.24, 2.45) is 0 Å². The number of nitrogens with zero attached hydrogens (tertiary/aromatic N) is 4. The molecule has 5 nitrogen and oxygen atoms in total. The van der Waals surface area contributed by atoms with Gasteiger partial charge in [0.2, 0.25) is 5.16 Å². The summed E-state index contributed by atoms with van der Waals surface area (Å²) >= 11 is 1.69. The maximum Gasteiger partial charge on any atom is 0.209 e. The third-order valence-electron chi connectivity index (χ3n) is 3.41. The largest absolute Gasteiger partial charge is 0.308 e. The summed E-state index contributed by atoms with van der Waals surface area (Å²) in [7, 11) is 0. The van der Waals surface area contributed by atoms with Crippen molar-refractivity contribution in [1.29, 1.82) is 0 Å². The first-order valence-corrected chi connectivity index (χ1v) is 8.26. The first kappa shape index (κ1) is 15.5. The average Bonchev–Trinajstić information content (AvgIpc) is 3.02. The zero-order valence-electron chi connectivity index (χ0n) is 12.7. The Morgan fingerprint density at radius 2 is 2.10 bits per heavy atom. The van der Waals surface area contributed by atoms with Crippen LogP contribution in [0.1, 0.15) is 52.5 Å². The molecule has 6 heteroatoms. The van der Waals surface area contributed by atoms with Gasteiger partial charge in [-0.1, -0.05) is 36.8 Å². The molecule has 112 valence electrons. The summed E-state index contributed by atoms with van der Waals surface area (Å²) < 4.78 is 2.00. The molecule has 0 aliphatic heterocycles. The predicted octanol–water partition coefficient (Wildman–Crippen LogP) is 2.82. The van der Waals surface area contributed by atoms with Crippen LogP contribution in [-0.2, 0) is 0 Å². The third-order valence-corrected chi connectivity index (χ3v) is 4.49. The Morgan fingerprint density at radius 1 is 1.40 bits per heavy atom. The number of aromatic nitrogens is 4. The van der Waals surface area contributed by atoms with Gasteiger partial charge in [-0.15, -0.1) is 5.10 Å². The lowest BCUT2D eigenvalue weighted by atomic mass is 10.1. The van der Waals surface area contributed by atoms with E-state index in [2.05, 4.69) is 48.2 Å². The molecule has 0 saturated heterocycles. The molecule has 1 heterocycles. The van der Waals surface area contributed by atoms with Crippen LogP contribution >= 0.6 is 11.8 Å². The highest BCUT2D eigenvalue weighted by Gasteiger charge is 2.21. The Hall–Kier alpha value is -0.880. The van der Waals surface area contributed by atoms with E-state index in [1.807, 2.05) is 4.68 Å². The van der Waals surface area contributed by atoms with Crippen LogP contribution in [0.3, 0.4) is 0 Å². The quantitative estimate of drug-likeness (QED) is 0.646. The molecule has 0 atom stereocenters. The van der Waals surface area contributed by atoms with Gasteiger partial charge in [0.1, 0.15) is 0 Å². The minimum Gasteiger partial charge on any atom is -0.308 e. The second-order valence-corrected chi connectivity index (χ2v) is 7.43. The molecular weight excluding hydrogens is 270 g/mol. The number of nitrogens with one attached hydrogen (secondary N) is 1. The zero-order valence-corrected chi connectivity index (χ0v) is 13.5. The number of hydrogen-bond donors (Lipinski definition) is 1. The van der Waals surface area contributed by atoms with Crippen molar-refractivity contribution in [3.8, 4) is 0 Å². The fourth-order valence-corrected chi connectivity index (χ4v) is 3.11. The Morgan fingerprint density at radius 3 is 2.75 bits per heavy atom. The molecule has 1 aliphatic carbocycles. The predicted molar refractivity (Wildman–Crippen MR) is 82.9 cm³/mol. The highest BCUT2D eigenvalue weighted by atomic mass is 32.2. The lowest BCUT2D eigenvalue weighted by molar-refractivity contribution is 0.423. The monoisotopic (exact) mass is 295 g/mol. The molecule has 0 bridgehead atoms. The smallest absolute Gasteiger partial charge is 0.209 e. The van der Waals surface area contributed by atoms with Crippen LogP contribution in [0.2, 0.25) is 0 Å². The van der Waals surface area contributed by atoms with E-state index in [0.717, 1.165) is 17.5 Å². The Balaban J connectivity index is 1.82. The van der Waals surface area contributed by atoms with Gasteiger partial charge in [0.15, 0.2) is 0 Å². The summed E-state index contributed by atoms with van der Waals surface area (Å²) in [5.41, 5.74) is 1.30. The molecule has 0 unspecified atom stereocenters. The Bertz CT molecular complexity index is 443. The molecule has 1 saturated carbocycles. The van der Waals surface area contributed by atoms with Gasteiger partial charge in [-0.25, -0.2) is 4.68 Å².